The molecule has 0 saturated carbocycles. The number of aromatic nitrogens is 1. The first-order valence-corrected chi connectivity index (χ1v) is 8.00. The topological polar surface area (TPSA) is 71.2 Å². The number of hydrogen-bond donors (Lipinski definition) is 2. The minimum absolute atomic E-state index is 0.0526. The van der Waals surface area contributed by atoms with E-state index >= 15 is 0 Å². The molecule has 3 heterocycles. The van der Waals surface area contributed by atoms with Crippen LogP contribution in [0.1, 0.15) is 36.9 Å². The maximum absolute atomic E-state index is 11.4. The van der Waals surface area contributed by atoms with Crippen LogP contribution in [0.5, 0.6) is 0 Å². The largest absolute Gasteiger partial charge is 0.370 e. The number of nitrogens with zero attached hydrogens (tertiary/aromatic N) is 2. The van der Waals surface area contributed by atoms with E-state index in [-0.39, 0.29) is 11.9 Å². The quantitative estimate of drug-likeness (QED) is 0.857. The van der Waals surface area contributed by atoms with Crippen LogP contribution in [0.4, 0.5) is 5.82 Å². The second-order valence-corrected chi connectivity index (χ2v) is 6.04. The minimum atomic E-state index is -0.177. The third-order valence-electron chi connectivity index (χ3n) is 4.52. The molecule has 21 heavy (non-hydrogen) atoms. The summed E-state index contributed by atoms with van der Waals surface area (Å²) >= 11 is 0. The predicted octanol–water partition coefficient (Wildman–Crippen LogP) is 1.32. The second kappa shape index (κ2) is 6.43. The van der Waals surface area contributed by atoms with Gasteiger partial charge in [0.25, 0.3) is 0 Å². The van der Waals surface area contributed by atoms with Gasteiger partial charge in [0.05, 0.1) is 6.04 Å². The lowest BCUT2D eigenvalue weighted by Crippen LogP contribution is -2.40. The first kappa shape index (κ1) is 14.3. The molecule has 1 aromatic heterocycles. The standard InChI is InChI=1S/C16H24N4O/c17-15(21)14-6-3-11-20(14)10-2-5-13-8-7-12-4-1-9-18-16(12)19-13/h7-8,14H,1-6,9-11H2,(H2,17,21)(H,18,19)/t14-/m0/s1. The number of amides is 1. The molecule has 1 saturated heterocycles. The molecule has 0 aliphatic carbocycles. The molecule has 3 N–H and O–H groups in total. The third kappa shape index (κ3) is 3.35. The molecule has 2 aliphatic rings. The van der Waals surface area contributed by atoms with E-state index in [9.17, 15) is 4.79 Å². The van der Waals surface area contributed by atoms with Crippen molar-refractivity contribution in [3.8, 4) is 0 Å². The summed E-state index contributed by atoms with van der Waals surface area (Å²) in [7, 11) is 0. The van der Waals surface area contributed by atoms with Crippen LogP contribution in [0.15, 0.2) is 12.1 Å². The zero-order valence-corrected chi connectivity index (χ0v) is 12.5. The number of anilines is 1. The number of fused-ring (bicyclic) bond motifs is 1. The van der Waals surface area contributed by atoms with Crippen LogP contribution >= 0.6 is 0 Å². The minimum Gasteiger partial charge on any atom is -0.370 e. The Hall–Kier alpha value is -1.62. The van der Waals surface area contributed by atoms with E-state index in [1.54, 1.807) is 0 Å². The Morgan fingerprint density at radius 3 is 3.19 bits per heavy atom. The molecular formula is C16H24N4O. The van der Waals surface area contributed by atoms with E-state index in [4.69, 9.17) is 10.7 Å². The molecule has 0 bridgehead atoms. The summed E-state index contributed by atoms with van der Waals surface area (Å²) in [5.41, 5.74) is 7.91. The van der Waals surface area contributed by atoms with Crippen LogP contribution in [-0.4, -0.2) is 41.5 Å². The van der Waals surface area contributed by atoms with Crippen molar-refractivity contribution in [3.05, 3.63) is 23.4 Å². The van der Waals surface area contributed by atoms with Crippen molar-refractivity contribution in [3.63, 3.8) is 0 Å². The molecule has 114 valence electrons. The number of primary amides is 1. The van der Waals surface area contributed by atoms with Gasteiger partial charge >= 0.3 is 0 Å². The van der Waals surface area contributed by atoms with Gasteiger partial charge in [-0.15, -0.1) is 0 Å². The fourth-order valence-electron chi connectivity index (χ4n) is 3.39. The number of pyridine rings is 1. The van der Waals surface area contributed by atoms with Crippen molar-refractivity contribution in [1.29, 1.82) is 0 Å². The SMILES string of the molecule is NC(=O)[C@@H]1CCCN1CCCc1ccc2c(n1)NCCC2. The van der Waals surface area contributed by atoms with E-state index in [2.05, 4.69) is 22.3 Å². The fraction of sp³-hybridized carbons (Fsp3) is 0.625. The average molecular weight is 288 g/mol. The predicted molar refractivity (Wildman–Crippen MR) is 83.2 cm³/mol. The molecule has 5 heteroatoms. The van der Waals surface area contributed by atoms with Crippen LogP contribution in [0.25, 0.3) is 0 Å². The summed E-state index contributed by atoms with van der Waals surface area (Å²) in [6.07, 6.45) is 6.29. The monoisotopic (exact) mass is 288 g/mol. The number of likely N-dealkylation sites (tertiary alicyclic amines) is 1. The Morgan fingerprint density at radius 1 is 1.43 bits per heavy atom. The smallest absolute Gasteiger partial charge is 0.234 e. The summed E-state index contributed by atoms with van der Waals surface area (Å²) in [4.78, 5) is 18.3. The summed E-state index contributed by atoms with van der Waals surface area (Å²) < 4.78 is 0. The molecule has 0 unspecified atom stereocenters. The molecule has 3 rings (SSSR count). The van der Waals surface area contributed by atoms with Crippen LogP contribution in [0.3, 0.4) is 0 Å². The number of aryl methyl sites for hydroxylation is 2. The Morgan fingerprint density at radius 2 is 2.33 bits per heavy atom. The van der Waals surface area contributed by atoms with Gasteiger partial charge in [-0.05, 0) is 63.2 Å². The normalized spacial score (nSPS) is 21.8. The van der Waals surface area contributed by atoms with Crippen molar-refractivity contribution >= 4 is 11.7 Å². The van der Waals surface area contributed by atoms with Crippen molar-refractivity contribution in [2.24, 2.45) is 5.73 Å². The van der Waals surface area contributed by atoms with E-state index in [0.717, 1.165) is 63.3 Å². The fourth-order valence-corrected chi connectivity index (χ4v) is 3.39. The number of carbonyl (C=O) groups is 1. The van der Waals surface area contributed by atoms with Gasteiger partial charge in [0.2, 0.25) is 5.91 Å². The Balaban J connectivity index is 1.52. The molecule has 2 aliphatic heterocycles. The van der Waals surface area contributed by atoms with Crippen LogP contribution in [0, 0.1) is 0 Å². The highest BCUT2D eigenvalue weighted by Crippen LogP contribution is 2.21. The summed E-state index contributed by atoms with van der Waals surface area (Å²) in [6, 6.07) is 4.29. The van der Waals surface area contributed by atoms with Gasteiger partial charge in [-0.25, -0.2) is 4.98 Å². The van der Waals surface area contributed by atoms with Crippen molar-refractivity contribution in [2.45, 2.75) is 44.6 Å². The van der Waals surface area contributed by atoms with Crippen LogP contribution < -0.4 is 11.1 Å². The van der Waals surface area contributed by atoms with Gasteiger partial charge in [-0.3, -0.25) is 9.69 Å². The van der Waals surface area contributed by atoms with E-state index in [1.807, 2.05) is 0 Å². The molecule has 0 aromatic carbocycles. The maximum Gasteiger partial charge on any atom is 0.234 e. The van der Waals surface area contributed by atoms with E-state index in [1.165, 1.54) is 12.0 Å². The van der Waals surface area contributed by atoms with Crippen LogP contribution in [0.2, 0.25) is 0 Å². The van der Waals surface area contributed by atoms with Crippen molar-refractivity contribution < 1.29 is 4.79 Å². The molecule has 1 atom stereocenters. The van der Waals surface area contributed by atoms with Gasteiger partial charge in [0.1, 0.15) is 5.82 Å². The highest BCUT2D eigenvalue weighted by molar-refractivity contribution is 5.80. The number of rotatable bonds is 5. The Labute approximate surface area is 125 Å². The summed E-state index contributed by atoms with van der Waals surface area (Å²) in [5.74, 6) is 0.888. The van der Waals surface area contributed by atoms with Gasteiger partial charge < -0.3 is 11.1 Å². The van der Waals surface area contributed by atoms with Crippen LogP contribution in [-0.2, 0) is 17.6 Å². The molecule has 1 fully saturated rings. The van der Waals surface area contributed by atoms with Crippen molar-refractivity contribution in [2.75, 3.05) is 25.0 Å². The molecule has 1 amide bonds. The first-order valence-electron chi connectivity index (χ1n) is 8.00. The second-order valence-electron chi connectivity index (χ2n) is 6.04. The molecule has 1 aromatic rings. The lowest BCUT2D eigenvalue weighted by Gasteiger charge is -2.21. The van der Waals surface area contributed by atoms with E-state index in [0.29, 0.717) is 0 Å². The highest BCUT2D eigenvalue weighted by atomic mass is 16.1. The first-order chi connectivity index (χ1) is 10.2. The molecular weight excluding hydrogens is 264 g/mol. The molecule has 0 spiro atoms. The number of nitrogens with one attached hydrogen (secondary N) is 1. The molecule has 0 radical (unpaired) electrons. The Bertz CT molecular complexity index is 517. The number of carbonyl (C=O) groups excluding carboxylic acids is 1. The average Bonchev–Trinajstić information content (AvgIpc) is 2.96. The van der Waals surface area contributed by atoms with Gasteiger partial charge in [0, 0.05) is 12.2 Å². The summed E-state index contributed by atoms with van der Waals surface area (Å²) in [6.45, 7) is 2.95. The third-order valence-corrected chi connectivity index (χ3v) is 4.52. The number of nitrogens with two attached hydrogens (primary N) is 1. The van der Waals surface area contributed by atoms with Crippen molar-refractivity contribution in [1.82, 2.24) is 9.88 Å². The van der Waals surface area contributed by atoms with Gasteiger partial charge in [0.15, 0.2) is 0 Å². The van der Waals surface area contributed by atoms with Gasteiger partial charge in [-0.1, -0.05) is 6.07 Å². The van der Waals surface area contributed by atoms with Gasteiger partial charge in [-0.2, -0.15) is 0 Å². The zero-order valence-electron chi connectivity index (χ0n) is 12.5. The molecule has 5 nitrogen and oxygen atoms in total. The number of hydrogen-bond acceptors (Lipinski definition) is 4. The summed E-state index contributed by atoms with van der Waals surface area (Å²) in [5, 5.41) is 3.37. The maximum atomic E-state index is 11.4. The lowest BCUT2D eigenvalue weighted by atomic mass is 10.1. The van der Waals surface area contributed by atoms with E-state index < -0.39 is 0 Å². The highest BCUT2D eigenvalue weighted by Gasteiger charge is 2.28. The lowest BCUT2D eigenvalue weighted by molar-refractivity contribution is -0.122. The zero-order chi connectivity index (χ0) is 14.7. The Kier molecular flexibility index (Phi) is 4.39.